The first-order valence-electron chi connectivity index (χ1n) is 17.3. The van der Waals surface area contributed by atoms with Gasteiger partial charge < -0.3 is 26.0 Å². The number of aliphatic hydroxyl groups excluding tert-OH is 3. The quantitative estimate of drug-likeness (QED) is 0.104. The van der Waals surface area contributed by atoms with E-state index in [1.807, 2.05) is 42.5 Å². The van der Waals surface area contributed by atoms with Crippen LogP contribution in [0.1, 0.15) is 63.4 Å². The Morgan fingerprint density at radius 2 is 1.80 bits per heavy atom. The third kappa shape index (κ3) is 10.4. The predicted octanol–water partition coefficient (Wildman–Crippen LogP) is 4.76. The summed E-state index contributed by atoms with van der Waals surface area (Å²) in [7, 11) is 0. The zero-order valence-electron chi connectivity index (χ0n) is 27.8. The van der Waals surface area contributed by atoms with Gasteiger partial charge >= 0.3 is 0 Å². The number of nitrogens with zero attached hydrogens (tertiary/aromatic N) is 4. The molecule has 5 rings (SSSR count). The molecule has 5 N–H and O–H groups in total. The number of aliphatic imine (C=N–C) groups is 1. The molecule has 49 heavy (non-hydrogen) atoms. The topological polar surface area (TPSA) is 160 Å². The number of anilines is 1. The van der Waals surface area contributed by atoms with Crippen LogP contribution >= 0.6 is 15.9 Å². The van der Waals surface area contributed by atoms with Crippen LogP contribution in [0.15, 0.2) is 76.5 Å². The number of hydrogen-bond donors (Lipinski definition) is 5. The molecular weight excluding hydrogens is 688 g/mol. The molecule has 0 spiro atoms. The van der Waals surface area contributed by atoms with Crippen LogP contribution in [0.3, 0.4) is 0 Å². The summed E-state index contributed by atoms with van der Waals surface area (Å²) in [6, 6.07) is 13.8. The minimum absolute atomic E-state index is 0.0476. The maximum absolute atomic E-state index is 13.0. The summed E-state index contributed by atoms with van der Waals surface area (Å²) in [5.74, 6) is 0.148. The number of aromatic nitrogens is 2. The Morgan fingerprint density at radius 3 is 2.63 bits per heavy atom. The monoisotopic (exact) mass is 734 g/mol. The van der Waals surface area contributed by atoms with Gasteiger partial charge in [-0.2, -0.15) is 0 Å². The van der Waals surface area contributed by atoms with E-state index in [2.05, 4.69) is 53.7 Å². The van der Waals surface area contributed by atoms with Crippen molar-refractivity contribution < 1.29 is 24.9 Å². The van der Waals surface area contributed by atoms with Crippen molar-refractivity contribution in [2.75, 3.05) is 25.0 Å². The van der Waals surface area contributed by atoms with Crippen LogP contribution in [-0.2, 0) is 16.0 Å². The molecule has 2 aromatic carbocycles. The summed E-state index contributed by atoms with van der Waals surface area (Å²) in [5.41, 5.74) is 3.40. The zero-order valence-corrected chi connectivity index (χ0v) is 29.3. The Bertz CT molecular complexity index is 1600. The molecule has 5 atom stereocenters. The molecule has 0 saturated heterocycles. The molecule has 3 aromatic rings. The molecular formula is C37H47BrN6O5. The van der Waals surface area contributed by atoms with E-state index in [0.29, 0.717) is 69.5 Å². The lowest BCUT2D eigenvalue weighted by Crippen LogP contribution is -2.40. The van der Waals surface area contributed by atoms with Crippen LogP contribution in [0.5, 0.6) is 0 Å². The predicted molar refractivity (Wildman–Crippen MR) is 194 cm³/mol. The maximum atomic E-state index is 13.0. The highest BCUT2D eigenvalue weighted by molar-refractivity contribution is 9.10. The molecule has 1 aliphatic heterocycles. The van der Waals surface area contributed by atoms with Crippen LogP contribution in [0.25, 0.3) is 11.0 Å². The lowest BCUT2D eigenvalue weighted by molar-refractivity contribution is -0.127. The van der Waals surface area contributed by atoms with Crippen molar-refractivity contribution in [3.63, 3.8) is 0 Å². The van der Waals surface area contributed by atoms with Gasteiger partial charge in [0.1, 0.15) is 5.52 Å². The van der Waals surface area contributed by atoms with E-state index in [-0.39, 0.29) is 36.6 Å². The van der Waals surface area contributed by atoms with Crippen LogP contribution in [0.4, 0.5) is 5.69 Å². The second-order valence-electron chi connectivity index (χ2n) is 12.9. The first kappa shape index (κ1) is 36.6. The number of hydrogen-bond acceptors (Lipinski definition) is 9. The highest BCUT2D eigenvalue weighted by Gasteiger charge is 2.40. The minimum Gasteiger partial charge on any atom is -0.393 e. The van der Waals surface area contributed by atoms with Crippen molar-refractivity contribution >= 4 is 50.4 Å². The number of amides is 2. The van der Waals surface area contributed by atoms with Gasteiger partial charge in [0.25, 0.3) is 0 Å². The molecule has 262 valence electrons. The number of halogens is 1. The Balaban J connectivity index is 0.961. The van der Waals surface area contributed by atoms with Gasteiger partial charge in [-0.3, -0.25) is 29.4 Å². The Hall–Kier alpha value is -3.71. The van der Waals surface area contributed by atoms with Gasteiger partial charge in [-0.05, 0) is 96.8 Å². The first-order valence-corrected chi connectivity index (χ1v) is 18.1. The van der Waals surface area contributed by atoms with Gasteiger partial charge in [-0.25, -0.2) is 0 Å². The molecule has 1 aromatic heterocycles. The molecule has 1 aliphatic carbocycles. The van der Waals surface area contributed by atoms with Gasteiger partial charge in [0, 0.05) is 38.3 Å². The van der Waals surface area contributed by atoms with E-state index in [9.17, 15) is 24.9 Å². The third-order valence-electron chi connectivity index (χ3n) is 9.44. The summed E-state index contributed by atoms with van der Waals surface area (Å²) in [6.07, 6.45) is 11.5. The maximum Gasteiger partial charge on any atom is 0.231 e. The number of nitrogens with one attached hydrogen (secondary N) is 2. The van der Waals surface area contributed by atoms with Gasteiger partial charge in [0.05, 0.1) is 40.5 Å². The van der Waals surface area contributed by atoms with Crippen molar-refractivity contribution in [2.24, 2.45) is 16.8 Å². The van der Waals surface area contributed by atoms with E-state index in [1.165, 1.54) is 5.56 Å². The lowest BCUT2D eigenvalue weighted by atomic mass is 9.85. The summed E-state index contributed by atoms with van der Waals surface area (Å²) >= 11 is 3.58. The standard InChI is InChI=1S/C37H47BrN6O5/c38-35-29(16-17-30-36(35)41-21-20-39-30)43-37-42-22-23-44(37)34(49)18-19-40-33(48)11-7-2-1-6-10-27-28(32(47)24-31(27)46)15-14-26(45)13-12-25-8-4-3-5-9-25/h1,3-6,8-9,16-17,20-21,26-28,31-32,45-47H,2,7,10-15,18-19,22-24H2,(H,40,48)(H,42,43)/b6-1-/t26-,27+,28+,31-,32+/m0/s1. The van der Waals surface area contributed by atoms with E-state index >= 15 is 0 Å². The SMILES string of the molecule is O=C(CCC/C=C\C[C@@H]1[C@@H](CC[C@@H](O)CCc2ccccc2)[C@H](O)C[C@@H]1O)NCCC(=O)N1CCN=C1Nc1ccc2nccnc2c1Br. The minimum atomic E-state index is -0.562. The first-order chi connectivity index (χ1) is 23.8. The van der Waals surface area contributed by atoms with E-state index in [4.69, 9.17) is 0 Å². The molecule has 2 amide bonds. The molecule has 2 aliphatic rings. The number of aryl methyl sites for hydroxylation is 1. The molecule has 2 heterocycles. The third-order valence-corrected chi connectivity index (χ3v) is 10.2. The highest BCUT2D eigenvalue weighted by Crippen LogP contribution is 2.38. The van der Waals surface area contributed by atoms with E-state index in [0.717, 1.165) is 28.5 Å². The fourth-order valence-corrected chi connectivity index (χ4v) is 7.25. The normalized spacial score (nSPS) is 21.3. The number of fused-ring (bicyclic) bond motifs is 1. The average molecular weight is 736 g/mol. The van der Waals surface area contributed by atoms with Gasteiger partial charge in [-0.15, -0.1) is 0 Å². The summed E-state index contributed by atoms with van der Waals surface area (Å²) in [6.45, 7) is 1.22. The number of rotatable bonds is 16. The number of guanidine groups is 1. The number of benzene rings is 2. The van der Waals surface area contributed by atoms with Gasteiger partial charge in [0.2, 0.25) is 17.8 Å². The summed E-state index contributed by atoms with van der Waals surface area (Å²) in [5, 5.41) is 37.8. The van der Waals surface area contributed by atoms with Crippen LogP contribution < -0.4 is 10.6 Å². The Morgan fingerprint density at radius 1 is 1.00 bits per heavy atom. The number of carbonyl (C=O) groups is 2. The van der Waals surface area contributed by atoms with Crippen molar-refractivity contribution in [3.05, 3.63) is 77.0 Å². The van der Waals surface area contributed by atoms with Crippen LogP contribution in [0.2, 0.25) is 0 Å². The molecule has 12 heteroatoms. The number of aliphatic hydroxyl groups is 3. The number of carbonyl (C=O) groups excluding carboxylic acids is 2. The van der Waals surface area contributed by atoms with Crippen molar-refractivity contribution in [3.8, 4) is 0 Å². The van der Waals surface area contributed by atoms with Gasteiger partial charge in [-0.1, -0.05) is 42.5 Å². The lowest BCUT2D eigenvalue weighted by Gasteiger charge is -2.23. The highest BCUT2D eigenvalue weighted by atomic mass is 79.9. The van der Waals surface area contributed by atoms with E-state index < -0.39 is 18.3 Å². The Kier molecular flexibility index (Phi) is 13.7. The second-order valence-corrected chi connectivity index (χ2v) is 13.7. The molecule has 11 nitrogen and oxygen atoms in total. The van der Waals surface area contributed by atoms with Crippen molar-refractivity contribution in [1.29, 1.82) is 0 Å². The Labute approximate surface area is 296 Å². The molecule has 1 saturated carbocycles. The van der Waals surface area contributed by atoms with Crippen LogP contribution in [0, 0.1) is 11.8 Å². The fourth-order valence-electron chi connectivity index (χ4n) is 6.71. The number of allylic oxidation sites excluding steroid dienone is 2. The van der Waals surface area contributed by atoms with Gasteiger partial charge in [0.15, 0.2) is 0 Å². The summed E-state index contributed by atoms with van der Waals surface area (Å²) < 4.78 is 0.739. The molecule has 1 fully saturated rings. The average Bonchev–Trinajstić information content (AvgIpc) is 3.68. The van der Waals surface area contributed by atoms with Crippen molar-refractivity contribution in [1.82, 2.24) is 20.2 Å². The van der Waals surface area contributed by atoms with Crippen LogP contribution in [-0.4, -0.2) is 85.9 Å². The molecule has 0 radical (unpaired) electrons. The molecule has 0 unspecified atom stereocenters. The fraction of sp³-hybridized carbons (Fsp3) is 0.486. The smallest absolute Gasteiger partial charge is 0.231 e. The molecule has 0 bridgehead atoms. The second kappa shape index (κ2) is 18.3. The largest absolute Gasteiger partial charge is 0.393 e. The van der Waals surface area contributed by atoms with E-state index in [1.54, 1.807) is 17.3 Å². The van der Waals surface area contributed by atoms with Crippen molar-refractivity contribution in [2.45, 2.75) is 82.5 Å². The zero-order chi connectivity index (χ0) is 34.6. The summed E-state index contributed by atoms with van der Waals surface area (Å²) in [4.78, 5) is 40.1. The number of unbranched alkanes of at least 4 members (excludes halogenated alkanes) is 1.